The van der Waals surface area contributed by atoms with E-state index in [0.29, 0.717) is 31.4 Å². The SMILES string of the molecule is CC(C)C(C)C(=O)OCc1ccc(NC(=O)[C@H](CCCNC(N)=O)NC(=O)C(NC(=O)CCCCCN2C(=O)C=CC2=O)C(C)C)cc1. The summed E-state index contributed by atoms with van der Waals surface area (Å²) >= 11 is 0. The van der Waals surface area contributed by atoms with E-state index in [-0.39, 0.29) is 74.0 Å². The lowest BCUT2D eigenvalue weighted by atomic mass is 9.99. The zero-order valence-corrected chi connectivity index (χ0v) is 28.5. The summed E-state index contributed by atoms with van der Waals surface area (Å²) in [6.07, 6.45) is 4.77. The molecule has 0 aliphatic carbocycles. The lowest BCUT2D eigenvalue weighted by Crippen LogP contribution is -2.54. The fourth-order valence-corrected chi connectivity index (χ4v) is 4.68. The van der Waals surface area contributed by atoms with E-state index in [1.54, 1.807) is 38.1 Å². The van der Waals surface area contributed by atoms with Gasteiger partial charge in [-0.15, -0.1) is 0 Å². The van der Waals surface area contributed by atoms with Crippen molar-refractivity contribution in [2.24, 2.45) is 23.5 Å². The molecule has 1 aromatic carbocycles. The third-order valence-electron chi connectivity index (χ3n) is 8.03. The summed E-state index contributed by atoms with van der Waals surface area (Å²) < 4.78 is 5.38. The summed E-state index contributed by atoms with van der Waals surface area (Å²) in [6.45, 7) is 9.82. The number of anilines is 1. The Kier molecular flexibility index (Phi) is 16.3. The lowest BCUT2D eigenvalue weighted by Gasteiger charge is -2.25. The van der Waals surface area contributed by atoms with E-state index in [4.69, 9.17) is 10.5 Å². The van der Waals surface area contributed by atoms with Gasteiger partial charge in [-0.05, 0) is 55.2 Å². The Morgan fingerprint density at radius 1 is 0.812 bits per heavy atom. The van der Waals surface area contributed by atoms with E-state index in [2.05, 4.69) is 21.3 Å². The van der Waals surface area contributed by atoms with Crippen molar-refractivity contribution in [2.75, 3.05) is 18.4 Å². The third-order valence-corrected chi connectivity index (χ3v) is 8.03. The number of nitrogens with zero attached hydrogens (tertiary/aromatic N) is 1. The second kappa shape index (κ2) is 19.8. The first-order valence-electron chi connectivity index (χ1n) is 16.4. The number of amides is 7. The number of rotatable bonds is 20. The number of hydrogen-bond acceptors (Lipinski definition) is 8. The highest BCUT2D eigenvalue weighted by atomic mass is 16.5. The van der Waals surface area contributed by atoms with Crippen molar-refractivity contribution in [3.63, 3.8) is 0 Å². The van der Waals surface area contributed by atoms with Gasteiger partial charge in [0, 0.05) is 37.3 Å². The molecule has 48 heavy (non-hydrogen) atoms. The molecule has 0 bridgehead atoms. The van der Waals surface area contributed by atoms with Crippen LogP contribution in [0.25, 0.3) is 0 Å². The number of hydrogen-bond donors (Lipinski definition) is 5. The van der Waals surface area contributed by atoms with Crippen molar-refractivity contribution in [3.05, 3.63) is 42.0 Å². The van der Waals surface area contributed by atoms with Crippen LogP contribution in [0.5, 0.6) is 0 Å². The van der Waals surface area contributed by atoms with Crippen molar-refractivity contribution < 1.29 is 38.3 Å². The minimum absolute atomic E-state index is 0.0936. The van der Waals surface area contributed by atoms with Crippen molar-refractivity contribution >= 4 is 47.2 Å². The van der Waals surface area contributed by atoms with Gasteiger partial charge in [0.1, 0.15) is 18.7 Å². The number of primary amides is 1. The van der Waals surface area contributed by atoms with Crippen LogP contribution < -0.4 is 27.0 Å². The van der Waals surface area contributed by atoms with E-state index in [1.165, 1.54) is 12.2 Å². The molecule has 6 N–H and O–H groups in total. The van der Waals surface area contributed by atoms with E-state index < -0.39 is 29.9 Å². The molecule has 1 aliphatic rings. The van der Waals surface area contributed by atoms with Crippen LogP contribution in [-0.4, -0.2) is 71.6 Å². The molecule has 1 aliphatic heterocycles. The second-order valence-electron chi connectivity index (χ2n) is 12.6. The number of unbranched alkanes of at least 4 members (excludes halogenated alkanes) is 2. The smallest absolute Gasteiger partial charge is 0.312 e. The molecule has 0 saturated heterocycles. The molecule has 2 unspecified atom stereocenters. The number of ether oxygens (including phenoxy) is 1. The standard InChI is InChI=1S/C34H50N6O8/c1-21(2)23(5)33(46)48-20-24-12-14-25(15-13-24)37-31(44)26(10-9-18-36-34(35)47)38-32(45)30(22(3)4)39-27(41)11-7-6-8-19-40-28(42)16-17-29(40)43/h12-17,21-23,26,30H,6-11,18-20H2,1-5H3,(H,37,44)(H,38,45)(H,39,41)(H3,35,36,47)/t23?,26-,30?/m0/s1. The van der Waals surface area contributed by atoms with Gasteiger partial charge in [0.2, 0.25) is 17.7 Å². The molecule has 14 nitrogen and oxygen atoms in total. The van der Waals surface area contributed by atoms with Gasteiger partial charge in [-0.1, -0.05) is 53.2 Å². The first-order valence-corrected chi connectivity index (χ1v) is 16.4. The summed E-state index contributed by atoms with van der Waals surface area (Å²) in [5.74, 6) is -2.70. The Hall–Kier alpha value is -4.75. The van der Waals surface area contributed by atoms with Crippen LogP contribution >= 0.6 is 0 Å². The second-order valence-corrected chi connectivity index (χ2v) is 12.6. The number of benzene rings is 1. The monoisotopic (exact) mass is 670 g/mol. The number of imide groups is 1. The normalized spacial score (nSPS) is 14.4. The van der Waals surface area contributed by atoms with Crippen LogP contribution in [0.2, 0.25) is 0 Å². The van der Waals surface area contributed by atoms with Gasteiger partial charge < -0.3 is 31.7 Å². The average molecular weight is 671 g/mol. The molecule has 0 spiro atoms. The van der Waals surface area contributed by atoms with Gasteiger partial charge in [0.05, 0.1) is 5.92 Å². The summed E-state index contributed by atoms with van der Waals surface area (Å²) in [7, 11) is 0. The average Bonchev–Trinajstić information content (AvgIpc) is 3.35. The summed E-state index contributed by atoms with van der Waals surface area (Å²) in [6, 6.07) is 4.16. The summed E-state index contributed by atoms with van der Waals surface area (Å²) in [5.41, 5.74) is 6.34. The van der Waals surface area contributed by atoms with E-state index in [9.17, 15) is 33.6 Å². The zero-order valence-electron chi connectivity index (χ0n) is 28.5. The molecular formula is C34H50N6O8. The Morgan fingerprint density at radius 3 is 2.04 bits per heavy atom. The summed E-state index contributed by atoms with van der Waals surface area (Å²) in [4.78, 5) is 87.1. The lowest BCUT2D eigenvalue weighted by molar-refractivity contribution is -0.150. The van der Waals surface area contributed by atoms with Gasteiger partial charge in [-0.3, -0.25) is 33.7 Å². The fourth-order valence-electron chi connectivity index (χ4n) is 4.68. The molecule has 1 heterocycles. The Morgan fingerprint density at radius 2 is 1.46 bits per heavy atom. The highest BCUT2D eigenvalue weighted by molar-refractivity contribution is 6.12. The molecule has 0 fully saturated rings. The molecule has 1 aromatic rings. The number of nitrogens with one attached hydrogen (secondary N) is 4. The van der Waals surface area contributed by atoms with Crippen LogP contribution in [0.15, 0.2) is 36.4 Å². The molecule has 7 amide bonds. The maximum atomic E-state index is 13.4. The molecule has 14 heteroatoms. The topological polar surface area (TPSA) is 206 Å². The van der Waals surface area contributed by atoms with Crippen LogP contribution in [-0.2, 0) is 40.1 Å². The van der Waals surface area contributed by atoms with Crippen molar-refractivity contribution in [3.8, 4) is 0 Å². The Bertz CT molecular complexity index is 1310. The molecule has 0 saturated carbocycles. The maximum Gasteiger partial charge on any atom is 0.312 e. The molecule has 3 atom stereocenters. The van der Waals surface area contributed by atoms with Crippen molar-refractivity contribution in [1.29, 1.82) is 0 Å². The van der Waals surface area contributed by atoms with E-state index in [0.717, 1.165) is 10.5 Å². The fraction of sp³-hybridized carbons (Fsp3) is 0.559. The van der Waals surface area contributed by atoms with Crippen molar-refractivity contribution in [1.82, 2.24) is 20.9 Å². The van der Waals surface area contributed by atoms with Gasteiger partial charge in [-0.25, -0.2) is 4.79 Å². The van der Waals surface area contributed by atoms with Gasteiger partial charge in [0.25, 0.3) is 11.8 Å². The van der Waals surface area contributed by atoms with Gasteiger partial charge >= 0.3 is 12.0 Å². The first kappa shape index (κ1) is 39.4. The first-order chi connectivity index (χ1) is 22.7. The molecule has 2 rings (SSSR count). The zero-order chi connectivity index (χ0) is 35.8. The van der Waals surface area contributed by atoms with E-state index in [1.807, 2.05) is 20.8 Å². The predicted molar refractivity (Wildman–Crippen MR) is 179 cm³/mol. The number of carbonyl (C=O) groups is 7. The van der Waals surface area contributed by atoms with E-state index >= 15 is 0 Å². The quantitative estimate of drug-likeness (QED) is 0.0790. The summed E-state index contributed by atoms with van der Waals surface area (Å²) in [5, 5.41) is 10.8. The number of carbonyl (C=O) groups excluding carboxylic acids is 7. The van der Waals surface area contributed by atoms with Crippen LogP contribution in [0.4, 0.5) is 10.5 Å². The van der Waals surface area contributed by atoms with Gasteiger partial charge in [-0.2, -0.15) is 0 Å². The minimum atomic E-state index is -0.992. The Balaban J connectivity index is 1.95. The van der Waals surface area contributed by atoms with Crippen LogP contribution in [0.3, 0.4) is 0 Å². The third kappa shape index (κ3) is 13.5. The molecule has 264 valence electrons. The Labute approximate surface area is 281 Å². The van der Waals surface area contributed by atoms with Crippen LogP contribution in [0.1, 0.15) is 78.7 Å². The van der Waals surface area contributed by atoms with Gasteiger partial charge in [0.15, 0.2) is 0 Å². The molecular weight excluding hydrogens is 620 g/mol. The minimum Gasteiger partial charge on any atom is -0.461 e. The molecule has 0 radical (unpaired) electrons. The largest absolute Gasteiger partial charge is 0.461 e. The highest BCUT2D eigenvalue weighted by Gasteiger charge is 2.29. The number of esters is 1. The highest BCUT2D eigenvalue weighted by Crippen LogP contribution is 2.16. The molecule has 0 aromatic heterocycles. The predicted octanol–water partition coefficient (Wildman–Crippen LogP) is 2.52. The number of nitrogens with two attached hydrogens (primary N) is 1. The number of urea groups is 1. The van der Waals surface area contributed by atoms with Crippen molar-refractivity contribution in [2.45, 2.75) is 91.8 Å². The van der Waals surface area contributed by atoms with Crippen LogP contribution in [0, 0.1) is 17.8 Å². The maximum absolute atomic E-state index is 13.4.